The highest BCUT2D eigenvalue weighted by atomic mass is 32.2. The van der Waals surface area contributed by atoms with E-state index in [2.05, 4.69) is 0 Å². The van der Waals surface area contributed by atoms with E-state index in [0.717, 1.165) is 0 Å². The largest absolute Gasteiger partial charge is 0.384 e. The van der Waals surface area contributed by atoms with Crippen LogP contribution in [-0.2, 0) is 9.84 Å². The highest BCUT2D eigenvalue weighted by molar-refractivity contribution is 7.91. The molecule has 1 aliphatic heterocycles. The Morgan fingerprint density at radius 1 is 1.33 bits per heavy atom. The Hall–Kier alpha value is -1.63. The number of halogens is 1. The molecule has 3 N–H and O–H groups in total. The van der Waals surface area contributed by atoms with Gasteiger partial charge in [-0.25, -0.2) is 12.8 Å². The average Bonchev–Trinajstić information content (AvgIpc) is 2.29. The fraction of sp³-hybridized carbons (Fsp3) is 0.364. The predicted octanol–water partition coefficient (Wildman–Crippen LogP) is 0.345. The van der Waals surface area contributed by atoms with Crippen LogP contribution >= 0.6 is 0 Å². The van der Waals surface area contributed by atoms with Crippen molar-refractivity contribution in [2.24, 2.45) is 5.73 Å². The topological polar surface area (TPSA) is 87.2 Å². The van der Waals surface area contributed by atoms with Crippen molar-refractivity contribution in [3.05, 3.63) is 29.6 Å². The van der Waals surface area contributed by atoms with E-state index in [1.54, 1.807) is 0 Å². The summed E-state index contributed by atoms with van der Waals surface area (Å²) in [6.07, 6.45) is 0. The van der Waals surface area contributed by atoms with Crippen molar-refractivity contribution in [2.75, 3.05) is 29.5 Å². The molecule has 0 atom stereocenters. The number of hydrogen-bond donors (Lipinski definition) is 2. The van der Waals surface area contributed by atoms with Crippen molar-refractivity contribution in [1.82, 2.24) is 0 Å². The summed E-state index contributed by atoms with van der Waals surface area (Å²) in [5.74, 6) is -0.546. The summed E-state index contributed by atoms with van der Waals surface area (Å²) in [7, 11) is -2.97. The zero-order valence-corrected chi connectivity index (χ0v) is 10.5. The number of rotatable bonds is 2. The molecule has 7 heteroatoms. The van der Waals surface area contributed by atoms with Gasteiger partial charge in [-0.15, -0.1) is 0 Å². The summed E-state index contributed by atoms with van der Waals surface area (Å²) in [4.78, 5) is 1.82. The third-order valence-electron chi connectivity index (χ3n) is 2.93. The Bertz CT molecular complexity index is 572. The molecule has 1 saturated heterocycles. The van der Waals surface area contributed by atoms with Crippen LogP contribution in [0.2, 0.25) is 0 Å². The third-order valence-corrected chi connectivity index (χ3v) is 4.54. The average molecular weight is 271 g/mol. The van der Waals surface area contributed by atoms with Gasteiger partial charge in [-0.2, -0.15) is 0 Å². The first-order valence-electron chi connectivity index (χ1n) is 5.48. The van der Waals surface area contributed by atoms with Crippen LogP contribution in [0.1, 0.15) is 5.56 Å². The molecule has 5 nitrogen and oxygen atoms in total. The van der Waals surface area contributed by atoms with E-state index in [9.17, 15) is 12.8 Å². The van der Waals surface area contributed by atoms with Crippen molar-refractivity contribution in [1.29, 1.82) is 5.41 Å². The van der Waals surface area contributed by atoms with E-state index >= 15 is 0 Å². The smallest absolute Gasteiger partial charge is 0.153 e. The fourth-order valence-electron chi connectivity index (χ4n) is 1.95. The number of nitrogens with zero attached hydrogens (tertiary/aromatic N) is 1. The molecule has 1 aromatic rings. The van der Waals surface area contributed by atoms with Gasteiger partial charge in [-0.1, -0.05) is 0 Å². The number of benzene rings is 1. The van der Waals surface area contributed by atoms with Gasteiger partial charge in [0.15, 0.2) is 9.84 Å². The molecule has 0 spiro atoms. The number of nitrogens with two attached hydrogens (primary N) is 1. The maximum absolute atomic E-state index is 13.1. The molecular weight excluding hydrogens is 257 g/mol. The van der Waals surface area contributed by atoms with Crippen LogP contribution in [0.5, 0.6) is 0 Å². The van der Waals surface area contributed by atoms with Gasteiger partial charge in [0.1, 0.15) is 11.7 Å². The molecule has 0 unspecified atom stereocenters. The van der Waals surface area contributed by atoms with Gasteiger partial charge in [-0.05, 0) is 18.2 Å². The Morgan fingerprint density at radius 3 is 2.50 bits per heavy atom. The zero-order valence-electron chi connectivity index (χ0n) is 9.69. The number of nitrogens with one attached hydrogen (secondary N) is 1. The van der Waals surface area contributed by atoms with Gasteiger partial charge in [0.2, 0.25) is 0 Å². The van der Waals surface area contributed by atoms with E-state index < -0.39 is 15.7 Å². The second-order valence-corrected chi connectivity index (χ2v) is 6.52. The maximum Gasteiger partial charge on any atom is 0.153 e. The number of amidine groups is 1. The molecule has 1 heterocycles. The van der Waals surface area contributed by atoms with Gasteiger partial charge < -0.3 is 10.6 Å². The first-order chi connectivity index (χ1) is 8.39. The summed E-state index contributed by atoms with van der Waals surface area (Å²) in [6.45, 7) is 0.683. The molecule has 0 aliphatic carbocycles. The molecule has 1 aromatic carbocycles. The lowest BCUT2D eigenvalue weighted by Gasteiger charge is -2.30. The Balaban J connectivity index is 2.32. The lowest BCUT2D eigenvalue weighted by molar-refractivity contribution is 0.586. The van der Waals surface area contributed by atoms with Crippen LogP contribution < -0.4 is 10.6 Å². The quantitative estimate of drug-likeness (QED) is 0.600. The van der Waals surface area contributed by atoms with Crippen LogP contribution in [0, 0.1) is 11.2 Å². The van der Waals surface area contributed by atoms with Gasteiger partial charge in [0.05, 0.1) is 11.5 Å². The summed E-state index contributed by atoms with van der Waals surface area (Å²) in [6, 6.07) is 4.01. The number of nitrogen functional groups attached to an aromatic ring is 1. The van der Waals surface area contributed by atoms with Crippen LogP contribution in [0.3, 0.4) is 0 Å². The molecule has 0 saturated carbocycles. The van der Waals surface area contributed by atoms with Crippen LogP contribution in [0.15, 0.2) is 18.2 Å². The minimum absolute atomic E-state index is 0.0712. The summed E-state index contributed by atoms with van der Waals surface area (Å²) >= 11 is 0. The molecule has 1 fully saturated rings. The molecule has 98 valence electrons. The molecule has 1 aliphatic rings. The SMILES string of the molecule is N=C(N)c1cc(F)ccc1N1CCS(=O)(=O)CC1. The first-order valence-corrected chi connectivity index (χ1v) is 7.30. The van der Waals surface area contributed by atoms with Crippen molar-refractivity contribution in [2.45, 2.75) is 0 Å². The Morgan fingerprint density at radius 2 is 1.94 bits per heavy atom. The van der Waals surface area contributed by atoms with Crippen molar-refractivity contribution in [3.63, 3.8) is 0 Å². The van der Waals surface area contributed by atoms with Crippen molar-refractivity contribution >= 4 is 21.4 Å². The standard InChI is InChI=1S/C11H14FN3O2S/c12-8-1-2-10(9(7-8)11(13)14)15-3-5-18(16,17)6-4-15/h1-2,7H,3-6H2,(H3,13,14). The van der Waals surface area contributed by atoms with E-state index in [0.29, 0.717) is 24.3 Å². The molecule has 0 aromatic heterocycles. The van der Waals surface area contributed by atoms with E-state index in [1.807, 2.05) is 4.90 Å². The van der Waals surface area contributed by atoms with Crippen LogP contribution in [-0.4, -0.2) is 38.8 Å². The zero-order chi connectivity index (χ0) is 13.3. The van der Waals surface area contributed by atoms with E-state index in [-0.39, 0.29) is 17.3 Å². The predicted molar refractivity (Wildman–Crippen MR) is 68.3 cm³/mol. The molecule has 0 amide bonds. The van der Waals surface area contributed by atoms with Gasteiger partial charge in [0, 0.05) is 24.3 Å². The first kappa shape index (κ1) is 12.8. The second kappa shape index (κ2) is 4.56. The third kappa shape index (κ3) is 2.61. The highest BCUT2D eigenvalue weighted by Gasteiger charge is 2.23. The molecule has 2 rings (SSSR count). The Labute approximate surface area is 105 Å². The van der Waals surface area contributed by atoms with Gasteiger partial charge >= 0.3 is 0 Å². The summed E-state index contributed by atoms with van der Waals surface area (Å²) in [5, 5.41) is 7.44. The van der Waals surface area contributed by atoms with Crippen molar-refractivity contribution < 1.29 is 12.8 Å². The van der Waals surface area contributed by atoms with Crippen LogP contribution in [0.25, 0.3) is 0 Å². The van der Waals surface area contributed by atoms with E-state index in [1.165, 1.54) is 18.2 Å². The molecular formula is C11H14FN3O2S. The monoisotopic (exact) mass is 271 g/mol. The fourth-order valence-corrected chi connectivity index (χ4v) is 3.15. The lowest BCUT2D eigenvalue weighted by Crippen LogP contribution is -2.41. The number of sulfone groups is 1. The summed E-state index contributed by atoms with van der Waals surface area (Å²) < 4.78 is 35.8. The normalized spacial score (nSPS) is 18.6. The number of anilines is 1. The maximum atomic E-state index is 13.1. The second-order valence-electron chi connectivity index (χ2n) is 4.21. The Kier molecular flexibility index (Phi) is 3.25. The summed E-state index contributed by atoms with van der Waals surface area (Å²) in [5.41, 5.74) is 6.33. The van der Waals surface area contributed by atoms with Gasteiger partial charge in [-0.3, -0.25) is 5.41 Å². The highest BCUT2D eigenvalue weighted by Crippen LogP contribution is 2.23. The molecule has 18 heavy (non-hydrogen) atoms. The van der Waals surface area contributed by atoms with Crippen molar-refractivity contribution in [3.8, 4) is 0 Å². The lowest BCUT2D eigenvalue weighted by atomic mass is 10.1. The minimum atomic E-state index is -2.97. The van der Waals surface area contributed by atoms with E-state index in [4.69, 9.17) is 11.1 Å². The van der Waals surface area contributed by atoms with Crippen LogP contribution in [0.4, 0.5) is 10.1 Å². The minimum Gasteiger partial charge on any atom is -0.384 e. The molecule has 0 bridgehead atoms. The number of hydrogen-bond acceptors (Lipinski definition) is 4. The van der Waals surface area contributed by atoms with Gasteiger partial charge in [0.25, 0.3) is 0 Å². The molecule has 0 radical (unpaired) electrons.